The van der Waals surface area contributed by atoms with E-state index in [9.17, 15) is 0 Å². The number of nitrogen functional groups attached to an aromatic ring is 1. The van der Waals surface area contributed by atoms with Crippen LogP contribution < -0.4 is 5.73 Å². The van der Waals surface area contributed by atoms with E-state index in [4.69, 9.17) is 5.73 Å². The maximum Gasteiger partial charge on any atom is 0.181 e. The first-order valence-electron chi connectivity index (χ1n) is 7.37. The molecule has 2 heterocycles. The van der Waals surface area contributed by atoms with Crippen molar-refractivity contribution in [3.8, 4) is 11.4 Å². The number of rotatable bonds is 4. The van der Waals surface area contributed by atoms with Gasteiger partial charge in [-0.3, -0.25) is 9.58 Å². The summed E-state index contributed by atoms with van der Waals surface area (Å²) in [6.07, 6.45) is 1.80. The van der Waals surface area contributed by atoms with E-state index in [0.29, 0.717) is 0 Å². The Bertz CT molecular complexity index is 585. The van der Waals surface area contributed by atoms with Crippen LogP contribution >= 0.6 is 0 Å². The molecular formula is C15H22N6. The molecule has 0 saturated carbocycles. The number of hydrogen-bond acceptors (Lipinski definition) is 5. The van der Waals surface area contributed by atoms with Gasteiger partial charge < -0.3 is 10.6 Å². The molecule has 1 aliphatic heterocycles. The number of likely N-dealkylation sites (N-methyl/N-ethyl adjacent to an activating group) is 1. The summed E-state index contributed by atoms with van der Waals surface area (Å²) < 4.78 is 1.91. The topological polar surface area (TPSA) is 63.2 Å². The second-order valence-electron chi connectivity index (χ2n) is 5.60. The molecule has 3 rings (SSSR count). The van der Waals surface area contributed by atoms with Crippen molar-refractivity contribution in [2.75, 3.05) is 45.5 Å². The summed E-state index contributed by atoms with van der Waals surface area (Å²) in [4.78, 5) is 9.21. The molecule has 21 heavy (non-hydrogen) atoms. The zero-order valence-electron chi connectivity index (χ0n) is 12.4. The second-order valence-corrected chi connectivity index (χ2v) is 5.60. The molecule has 6 heteroatoms. The first-order chi connectivity index (χ1) is 10.2. The zero-order valence-corrected chi connectivity index (χ0v) is 12.4. The highest BCUT2D eigenvalue weighted by molar-refractivity contribution is 5.60. The van der Waals surface area contributed by atoms with E-state index in [-0.39, 0.29) is 0 Å². The van der Waals surface area contributed by atoms with Gasteiger partial charge in [0, 0.05) is 44.0 Å². The first-order valence-corrected chi connectivity index (χ1v) is 7.37. The van der Waals surface area contributed by atoms with Gasteiger partial charge >= 0.3 is 0 Å². The van der Waals surface area contributed by atoms with Gasteiger partial charge in [-0.15, -0.1) is 0 Å². The molecule has 6 nitrogen and oxygen atoms in total. The van der Waals surface area contributed by atoms with Gasteiger partial charge in [0.15, 0.2) is 5.82 Å². The summed E-state index contributed by atoms with van der Waals surface area (Å²) in [6.45, 7) is 6.45. The quantitative estimate of drug-likeness (QED) is 0.841. The molecule has 0 radical (unpaired) electrons. The van der Waals surface area contributed by atoms with Gasteiger partial charge in [0.05, 0.1) is 6.54 Å². The van der Waals surface area contributed by atoms with E-state index in [0.717, 1.165) is 56.3 Å². The number of benzene rings is 1. The molecule has 1 aromatic carbocycles. The molecule has 0 aliphatic carbocycles. The third-order valence-electron chi connectivity index (χ3n) is 3.92. The Morgan fingerprint density at radius 3 is 2.71 bits per heavy atom. The van der Waals surface area contributed by atoms with Gasteiger partial charge in [0.1, 0.15) is 6.33 Å². The minimum Gasteiger partial charge on any atom is -0.399 e. The fourth-order valence-corrected chi connectivity index (χ4v) is 2.53. The molecular weight excluding hydrogens is 264 g/mol. The maximum absolute atomic E-state index is 5.80. The van der Waals surface area contributed by atoms with Crippen molar-refractivity contribution in [1.82, 2.24) is 24.6 Å². The van der Waals surface area contributed by atoms with Crippen molar-refractivity contribution in [2.45, 2.75) is 6.54 Å². The van der Waals surface area contributed by atoms with E-state index in [1.54, 1.807) is 6.33 Å². The number of anilines is 1. The molecule has 112 valence electrons. The molecule has 2 N–H and O–H groups in total. The highest BCUT2D eigenvalue weighted by atomic mass is 15.3. The Morgan fingerprint density at radius 2 is 1.95 bits per heavy atom. The van der Waals surface area contributed by atoms with E-state index in [1.165, 1.54) is 0 Å². The summed E-state index contributed by atoms with van der Waals surface area (Å²) in [5.41, 5.74) is 7.50. The van der Waals surface area contributed by atoms with Crippen LogP contribution in [0.15, 0.2) is 30.6 Å². The van der Waals surface area contributed by atoms with E-state index in [1.807, 2.05) is 28.9 Å². The normalized spacial score (nSPS) is 17.2. The summed E-state index contributed by atoms with van der Waals surface area (Å²) in [6, 6.07) is 7.68. The number of aromatic nitrogens is 3. The summed E-state index contributed by atoms with van der Waals surface area (Å²) in [5, 5.41) is 4.53. The van der Waals surface area contributed by atoms with Gasteiger partial charge in [-0.2, -0.15) is 5.10 Å². The second kappa shape index (κ2) is 6.24. The van der Waals surface area contributed by atoms with Crippen LogP contribution in [0, 0.1) is 0 Å². The van der Waals surface area contributed by atoms with Crippen molar-refractivity contribution in [2.24, 2.45) is 0 Å². The molecule has 1 saturated heterocycles. The molecule has 0 amide bonds. The van der Waals surface area contributed by atoms with Crippen LogP contribution in [0.5, 0.6) is 0 Å². The van der Waals surface area contributed by atoms with Crippen LogP contribution in [-0.4, -0.2) is 64.3 Å². The third kappa shape index (κ3) is 3.59. The van der Waals surface area contributed by atoms with Gasteiger partial charge in [0.25, 0.3) is 0 Å². The van der Waals surface area contributed by atoms with Crippen LogP contribution in [0.4, 0.5) is 5.69 Å². The van der Waals surface area contributed by atoms with E-state index < -0.39 is 0 Å². The standard InChI is InChI=1S/C15H22N6/c1-19-5-7-20(8-6-19)9-10-21-12-17-15(18-21)13-3-2-4-14(16)11-13/h2-4,11-12H,5-10,16H2,1H3. The molecule has 0 bridgehead atoms. The van der Waals surface area contributed by atoms with Crippen LogP contribution in [0.25, 0.3) is 11.4 Å². The Labute approximate surface area is 125 Å². The molecule has 0 atom stereocenters. The van der Waals surface area contributed by atoms with Crippen molar-refractivity contribution in [3.63, 3.8) is 0 Å². The van der Waals surface area contributed by atoms with Gasteiger partial charge in [-0.1, -0.05) is 12.1 Å². The molecule has 0 unspecified atom stereocenters. The molecule has 2 aromatic rings. The average molecular weight is 286 g/mol. The Kier molecular flexibility index (Phi) is 4.17. The lowest BCUT2D eigenvalue weighted by Gasteiger charge is -2.32. The highest BCUT2D eigenvalue weighted by Gasteiger charge is 2.13. The number of hydrogen-bond donors (Lipinski definition) is 1. The predicted octanol–water partition coefficient (Wildman–Crippen LogP) is 0.775. The lowest BCUT2D eigenvalue weighted by molar-refractivity contribution is 0.149. The fraction of sp³-hybridized carbons (Fsp3) is 0.467. The van der Waals surface area contributed by atoms with Gasteiger partial charge in [-0.05, 0) is 19.2 Å². The Morgan fingerprint density at radius 1 is 1.14 bits per heavy atom. The Hall–Kier alpha value is -1.92. The van der Waals surface area contributed by atoms with Crippen molar-refractivity contribution in [3.05, 3.63) is 30.6 Å². The zero-order chi connectivity index (χ0) is 14.7. The number of piperazine rings is 1. The summed E-state index contributed by atoms with van der Waals surface area (Å²) in [5.74, 6) is 0.737. The number of nitrogens with zero attached hydrogens (tertiary/aromatic N) is 5. The van der Waals surface area contributed by atoms with E-state index in [2.05, 4.69) is 26.9 Å². The van der Waals surface area contributed by atoms with Crippen LogP contribution in [0.2, 0.25) is 0 Å². The molecule has 0 spiro atoms. The minimum absolute atomic E-state index is 0.737. The average Bonchev–Trinajstić information content (AvgIpc) is 2.96. The smallest absolute Gasteiger partial charge is 0.181 e. The maximum atomic E-state index is 5.80. The molecule has 1 aromatic heterocycles. The van der Waals surface area contributed by atoms with Crippen LogP contribution in [-0.2, 0) is 6.54 Å². The lowest BCUT2D eigenvalue weighted by Crippen LogP contribution is -2.45. The largest absolute Gasteiger partial charge is 0.399 e. The molecule has 1 fully saturated rings. The van der Waals surface area contributed by atoms with Gasteiger partial charge in [0.2, 0.25) is 0 Å². The van der Waals surface area contributed by atoms with Crippen molar-refractivity contribution >= 4 is 5.69 Å². The SMILES string of the molecule is CN1CCN(CCn2cnc(-c3cccc(N)c3)n2)CC1. The Balaban J connectivity index is 1.58. The predicted molar refractivity (Wildman–Crippen MR) is 83.8 cm³/mol. The number of nitrogens with two attached hydrogens (primary N) is 1. The van der Waals surface area contributed by atoms with Crippen molar-refractivity contribution < 1.29 is 0 Å². The van der Waals surface area contributed by atoms with E-state index >= 15 is 0 Å². The highest BCUT2D eigenvalue weighted by Crippen LogP contribution is 2.16. The van der Waals surface area contributed by atoms with Gasteiger partial charge in [-0.25, -0.2) is 4.98 Å². The minimum atomic E-state index is 0.737. The molecule has 1 aliphatic rings. The first kappa shape index (κ1) is 14.0. The fourth-order valence-electron chi connectivity index (χ4n) is 2.53. The summed E-state index contributed by atoms with van der Waals surface area (Å²) >= 11 is 0. The monoisotopic (exact) mass is 286 g/mol. The van der Waals surface area contributed by atoms with Crippen molar-refractivity contribution in [1.29, 1.82) is 0 Å². The third-order valence-corrected chi connectivity index (χ3v) is 3.92. The van der Waals surface area contributed by atoms with Crippen LogP contribution in [0.1, 0.15) is 0 Å². The van der Waals surface area contributed by atoms with Crippen LogP contribution in [0.3, 0.4) is 0 Å². The summed E-state index contributed by atoms with van der Waals surface area (Å²) in [7, 11) is 2.17. The lowest BCUT2D eigenvalue weighted by atomic mass is 10.2.